The van der Waals surface area contributed by atoms with Gasteiger partial charge in [0.1, 0.15) is 5.82 Å². The highest BCUT2D eigenvalue weighted by molar-refractivity contribution is 5.85. The Morgan fingerprint density at radius 3 is 2.15 bits per heavy atom. The van der Waals surface area contributed by atoms with E-state index in [9.17, 15) is 9.18 Å². The molecule has 4 heteroatoms. The minimum atomic E-state index is -0.899. The Bertz CT molecular complexity index is 460. The summed E-state index contributed by atoms with van der Waals surface area (Å²) in [6.07, 6.45) is 0.555. The zero-order chi connectivity index (χ0) is 15.6. The van der Waals surface area contributed by atoms with Gasteiger partial charge in [-0.2, -0.15) is 0 Å². The highest BCUT2D eigenvalue weighted by atomic mass is 19.1. The van der Waals surface area contributed by atoms with Crippen LogP contribution in [0, 0.1) is 11.2 Å². The molecule has 0 aliphatic heterocycles. The van der Waals surface area contributed by atoms with Crippen molar-refractivity contribution in [2.75, 3.05) is 0 Å². The largest absolute Gasteiger partial charge is 0.347 e. The first kappa shape index (κ1) is 16.6. The van der Waals surface area contributed by atoms with Crippen LogP contribution in [0.5, 0.6) is 0 Å². The van der Waals surface area contributed by atoms with Crippen LogP contribution in [-0.2, 0) is 4.79 Å². The van der Waals surface area contributed by atoms with E-state index >= 15 is 0 Å². The topological polar surface area (TPSA) is 55.1 Å². The fourth-order valence-electron chi connectivity index (χ4n) is 1.91. The summed E-state index contributed by atoms with van der Waals surface area (Å²) in [5, 5.41) is 3.00. The number of carbonyl (C=O) groups is 1. The van der Waals surface area contributed by atoms with Gasteiger partial charge in [0.15, 0.2) is 0 Å². The lowest BCUT2D eigenvalue weighted by molar-refractivity contribution is -0.127. The first-order valence-electron chi connectivity index (χ1n) is 6.93. The van der Waals surface area contributed by atoms with Gasteiger partial charge in [-0.25, -0.2) is 4.39 Å². The van der Waals surface area contributed by atoms with Gasteiger partial charge in [-0.3, -0.25) is 4.79 Å². The van der Waals surface area contributed by atoms with Crippen LogP contribution in [0.1, 0.15) is 52.6 Å². The summed E-state index contributed by atoms with van der Waals surface area (Å²) in [5.41, 5.74) is 5.76. The van der Waals surface area contributed by atoms with Crippen molar-refractivity contribution in [3.05, 3.63) is 35.6 Å². The highest BCUT2D eigenvalue weighted by Crippen LogP contribution is 2.33. The van der Waals surface area contributed by atoms with E-state index in [1.165, 1.54) is 12.1 Å². The summed E-state index contributed by atoms with van der Waals surface area (Å²) in [6.45, 7) is 9.68. The molecule has 0 saturated heterocycles. The molecule has 0 aliphatic rings. The molecule has 0 bridgehead atoms. The second-order valence-electron chi connectivity index (χ2n) is 6.60. The van der Waals surface area contributed by atoms with E-state index in [1.54, 1.807) is 19.1 Å². The van der Waals surface area contributed by atoms with Crippen molar-refractivity contribution in [2.24, 2.45) is 11.1 Å². The average molecular weight is 280 g/mol. The number of nitrogens with one attached hydrogen (secondary N) is 1. The number of hydrogen-bond acceptors (Lipinski definition) is 2. The number of rotatable bonds is 4. The van der Waals surface area contributed by atoms with Gasteiger partial charge >= 0.3 is 0 Å². The van der Waals surface area contributed by atoms with Crippen LogP contribution >= 0.6 is 0 Å². The molecule has 0 saturated carbocycles. The Hall–Kier alpha value is -1.42. The molecule has 1 aromatic carbocycles. The molecule has 20 heavy (non-hydrogen) atoms. The van der Waals surface area contributed by atoms with Crippen molar-refractivity contribution >= 4 is 5.91 Å². The lowest BCUT2D eigenvalue weighted by Crippen LogP contribution is -2.53. The van der Waals surface area contributed by atoms with Crippen LogP contribution in [0.25, 0.3) is 0 Å². The molecule has 2 unspecified atom stereocenters. The average Bonchev–Trinajstić information content (AvgIpc) is 2.35. The van der Waals surface area contributed by atoms with Crippen molar-refractivity contribution < 1.29 is 9.18 Å². The van der Waals surface area contributed by atoms with Crippen LogP contribution in [-0.4, -0.2) is 11.4 Å². The van der Waals surface area contributed by atoms with Crippen molar-refractivity contribution in [3.63, 3.8) is 0 Å². The third kappa shape index (κ3) is 4.04. The summed E-state index contributed by atoms with van der Waals surface area (Å²) >= 11 is 0. The zero-order valence-electron chi connectivity index (χ0n) is 13.0. The maximum atomic E-state index is 13.0. The summed E-state index contributed by atoms with van der Waals surface area (Å²) < 4.78 is 13.0. The number of nitrogens with two attached hydrogens (primary N) is 1. The van der Waals surface area contributed by atoms with Crippen LogP contribution in [0.3, 0.4) is 0 Å². The minimum Gasteiger partial charge on any atom is -0.347 e. The van der Waals surface area contributed by atoms with Crippen LogP contribution < -0.4 is 11.1 Å². The van der Waals surface area contributed by atoms with E-state index in [1.807, 2.05) is 27.7 Å². The number of hydrogen-bond donors (Lipinski definition) is 2. The fraction of sp³-hybridized carbons (Fsp3) is 0.562. The van der Waals surface area contributed by atoms with E-state index in [0.29, 0.717) is 6.42 Å². The van der Waals surface area contributed by atoms with Gasteiger partial charge in [-0.05, 0) is 36.5 Å². The quantitative estimate of drug-likeness (QED) is 0.890. The Labute approximate surface area is 120 Å². The second kappa shape index (κ2) is 5.92. The van der Waals surface area contributed by atoms with Crippen LogP contribution in [0.2, 0.25) is 0 Å². The van der Waals surface area contributed by atoms with E-state index in [2.05, 4.69) is 5.32 Å². The van der Waals surface area contributed by atoms with Gasteiger partial charge in [-0.15, -0.1) is 0 Å². The molecular formula is C16H25FN2O. The third-order valence-corrected chi connectivity index (χ3v) is 3.60. The summed E-state index contributed by atoms with van der Waals surface area (Å²) in [6, 6.07) is 5.99. The van der Waals surface area contributed by atoms with Crippen molar-refractivity contribution in [1.29, 1.82) is 0 Å². The first-order valence-corrected chi connectivity index (χ1v) is 6.93. The maximum absolute atomic E-state index is 13.0. The highest BCUT2D eigenvalue weighted by Gasteiger charge is 2.33. The lowest BCUT2D eigenvalue weighted by Gasteiger charge is -2.34. The van der Waals surface area contributed by atoms with Gasteiger partial charge < -0.3 is 11.1 Å². The normalized spacial score (nSPS) is 16.4. The molecule has 1 rings (SSSR count). The monoisotopic (exact) mass is 280 g/mol. The van der Waals surface area contributed by atoms with Crippen molar-refractivity contribution in [2.45, 2.75) is 52.6 Å². The van der Waals surface area contributed by atoms with E-state index in [0.717, 1.165) is 5.56 Å². The molecule has 112 valence electrons. The molecule has 1 aromatic rings. The van der Waals surface area contributed by atoms with Crippen molar-refractivity contribution in [1.82, 2.24) is 5.32 Å². The Balaban J connectivity index is 3.04. The molecule has 0 fully saturated rings. The summed E-state index contributed by atoms with van der Waals surface area (Å²) in [5.74, 6) is -0.478. The molecule has 0 radical (unpaired) electrons. The van der Waals surface area contributed by atoms with E-state index in [4.69, 9.17) is 5.73 Å². The second-order valence-corrected chi connectivity index (χ2v) is 6.60. The third-order valence-electron chi connectivity index (χ3n) is 3.60. The van der Waals surface area contributed by atoms with Gasteiger partial charge in [-0.1, -0.05) is 39.8 Å². The molecule has 2 atom stereocenters. The Morgan fingerprint density at radius 2 is 1.75 bits per heavy atom. The molecule has 0 spiro atoms. The van der Waals surface area contributed by atoms with Crippen molar-refractivity contribution in [3.8, 4) is 0 Å². The fourth-order valence-corrected chi connectivity index (χ4v) is 1.91. The molecular weight excluding hydrogens is 255 g/mol. The first-order chi connectivity index (χ1) is 9.08. The standard InChI is InChI=1S/C16H25FN2O/c1-6-16(5,18)14(20)19-13(15(2,3)4)11-7-9-12(17)10-8-11/h7-10,13H,6,18H2,1-5H3,(H,19,20). The summed E-state index contributed by atoms with van der Waals surface area (Å²) in [7, 11) is 0. The molecule has 0 aliphatic carbocycles. The molecule has 3 N–H and O–H groups in total. The summed E-state index contributed by atoms with van der Waals surface area (Å²) in [4.78, 5) is 12.3. The number of carbonyl (C=O) groups excluding carboxylic acids is 1. The molecule has 1 amide bonds. The number of benzene rings is 1. The Kier molecular flexibility index (Phi) is 4.92. The smallest absolute Gasteiger partial charge is 0.240 e. The molecule has 0 heterocycles. The van der Waals surface area contributed by atoms with Gasteiger partial charge in [0.2, 0.25) is 5.91 Å². The van der Waals surface area contributed by atoms with Gasteiger partial charge in [0.25, 0.3) is 0 Å². The van der Waals surface area contributed by atoms with E-state index in [-0.39, 0.29) is 23.2 Å². The molecule has 0 aromatic heterocycles. The Morgan fingerprint density at radius 1 is 1.25 bits per heavy atom. The molecule has 3 nitrogen and oxygen atoms in total. The minimum absolute atomic E-state index is 0.191. The van der Waals surface area contributed by atoms with Gasteiger partial charge in [0, 0.05) is 0 Å². The maximum Gasteiger partial charge on any atom is 0.240 e. The SMILES string of the molecule is CCC(C)(N)C(=O)NC(c1ccc(F)cc1)C(C)(C)C. The van der Waals surface area contributed by atoms with Crippen LogP contribution in [0.4, 0.5) is 4.39 Å². The van der Waals surface area contributed by atoms with Gasteiger partial charge in [0.05, 0.1) is 11.6 Å². The van der Waals surface area contributed by atoms with Crippen LogP contribution in [0.15, 0.2) is 24.3 Å². The predicted molar refractivity (Wildman–Crippen MR) is 79.6 cm³/mol. The number of amides is 1. The van der Waals surface area contributed by atoms with E-state index < -0.39 is 5.54 Å². The number of halogens is 1. The predicted octanol–water partition coefficient (Wildman–Crippen LogP) is 3.16. The zero-order valence-corrected chi connectivity index (χ0v) is 13.0. The lowest BCUT2D eigenvalue weighted by atomic mass is 9.81.